The Morgan fingerprint density at radius 2 is 1.20 bits per heavy atom. The van der Waals surface area contributed by atoms with E-state index in [4.69, 9.17) is 49.6 Å². The second kappa shape index (κ2) is 25.7. The van der Waals surface area contributed by atoms with Crippen molar-refractivity contribution in [2.75, 3.05) is 0 Å². The van der Waals surface area contributed by atoms with Gasteiger partial charge in [0.05, 0.1) is 6.54 Å². The van der Waals surface area contributed by atoms with Crippen LogP contribution in [-0.2, 0) is 35.8 Å². The molecular formula is C18H30FIN6O6S2Sn-2. The van der Waals surface area contributed by atoms with Gasteiger partial charge in [-0.25, -0.2) is 0 Å². The van der Waals surface area contributed by atoms with Crippen LogP contribution < -0.4 is 36.5 Å². The van der Waals surface area contributed by atoms with E-state index in [2.05, 4.69) is 38.6 Å². The van der Waals surface area contributed by atoms with E-state index in [1.54, 1.807) is 0 Å². The van der Waals surface area contributed by atoms with Gasteiger partial charge in [-0.2, -0.15) is 0 Å². The van der Waals surface area contributed by atoms with Crippen molar-refractivity contribution < 1.29 is 39.5 Å². The van der Waals surface area contributed by atoms with Crippen molar-refractivity contribution in [3.05, 3.63) is 63.2 Å². The van der Waals surface area contributed by atoms with Gasteiger partial charge in [0.25, 0.3) is 0 Å². The summed E-state index contributed by atoms with van der Waals surface area (Å²) in [6.07, 6.45) is 0. The number of halogens is 2. The zero-order valence-electron chi connectivity index (χ0n) is 16.9. The predicted molar refractivity (Wildman–Crippen MR) is 141 cm³/mol. The summed E-state index contributed by atoms with van der Waals surface area (Å²) >= 11 is -5.77. The molecule has 2 aromatic carbocycles. The zero-order valence-corrected chi connectivity index (χ0v) is 23.5. The summed E-state index contributed by atoms with van der Waals surface area (Å²) in [5.41, 5.74) is 23.2. The summed E-state index contributed by atoms with van der Waals surface area (Å²) in [5, 5.41) is 0. The van der Waals surface area contributed by atoms with Crippen LogP contribution in [-0.4, -0.2) is 60.3 Å². The van der Waals surface area contributed by atoms with Crippen LogP contribution in [0.1, 0.15) is 26.0 Å². The minimum Gasteiger partial charge on any atom is -0.784 e. The predicted octanol–water partition coefficient (Wildman–Crippen LogP) is -3.84. The van der Waals surface area contributed by atoms with Crippen molar-refractivity contribution in [2.24, 2.45) is 22.9 Å². The van der Waals surface area contributed by atoms with E-state index in [-0.39, 0.29) is 26.8 Å². The maximum atomic E-state index is 12.4. The van der Waals surface area contributed by atoms with Crippen molar-refractivity contribution in [3.8, 4) is 0 Å². The van der Waals surface area contributed by atoms with E-state index in [1.807, 2.05) is 42.5 Å². The maximum Gasteiger partial charge on any atom is 0.339 e. The van der Waals surface area contributed by atoms with Crippen molar-refractivity contribution in [3.63, 3.8) is 0 Å². The van der Waals surface area contributed by atoms with E-state index in [0.29, 0.717) is 13.1 Å². The van der Waals surface area contributed by atoms with Crippen LogP contribution in [0.15, 0.2) is 48.5 Å². The largest absolute Gasteiger partial charge is 0.784 e. The molecule has 12 nitrogen and oxygen atoms in total. The molecule has 200 valence electrons. The topological polar surface area (TPSA) is 258 Å². The third-order valence-corrected chi connectivity index (χ3v) is 5.10. The molecule has 0 spiro atoms. The molecule has 17 heteroatoms. The molecule has 0 aliphatic carbocycles. The molecule has 0 heterocycles. The van der Waals surface area contributed by atoms with E-state index >= 15 is 0 Å². The molecule has 0 fully saturated rings. The minimum atomic E-state index is -3.11. The zero-order chi connectivity index (χ0) is 25.8. The molecule has 0 saturated carbocycles. The summed E-state index contributed by atoms with van der Waals surface area (Å²) < 4.78 is 65.1. The fourth-order valence-electron chi connectivity index (χ4n) is 1.80. The SMILES string of the molecule is C.C.NC(N)=[NH+]Cc1ccc[c]([Sn][F])c1.NC(N)=[NH+]Cc1cccc(I)c1.O=S([O-])[O-].O=S([O-])[O-]. The van der Waals surface area contributed by atoms with Gasteiger partial charge in [0.1, 0.15) is 0 Å². The Balaban J connectivity index is -0.000000202. The van der Waals surface area contributed by atoms with Gasteiger partial charge in [-0.15, -0.1) is 22.7 Å². The Labute approximate surface area is 234 Å². The molecule has 35 heavy (non-hydrogen) atoms. The molecule has 0 saturated heterocycles. The molecule has 0 aromatic heterocycles. The average Bonchev–Trinajstić information content (AvgIpc) is 2.71. The van der Waals surface area contributed by atoms with Gasteiger partial charge in [-0.3, -0.25) is 24.9 Å². The first-order valence-corrected chi connectivity index (χ1v) is 13.9. The van der Waals surface area contributed by atoms with E-state index in [0.717, 1.165) is 9.14 Å². The molecule has 2 aromatic rings. The Kier molecular flexibility index (Phi) is 29.9. The summed E-state index contributed by atoms with van der Waals surface area (Å²) in [6, 6.07) is 15.6. The number of benzene rings is 2. The normalized spacial score (nSPS) is 8.80. The first-order valence-electron chi connectivity index (χ1n) is 8.34. The van der Waals surface area contributed by atoms with Gasteiger partial charge < -0.3 is 18.2 Å². The van der Waals surface area contributed by atoms with Gasteiger partial charge in [-0.1, -0.05) is 27.0 Å². The van der Waals surface area contributed by atoms with Crippen LogP contribution in [0.25, 0.3) is 0 Å². The molecule has 10 N–H and O–H groups in total. The van der Waals surface area contributed by atoms with E-state index in [1.165, 1.54) is 9.13 Å². The number of nitrogens with two attached hydrogens (primary N) is 4. The summed E-state index contributed by atoms with van der Waals surface area (Å²) in [7, 11) is 0. The second-order valence-corrected chi connectivity index (χ2v) is 9.70. The average molecular weight is 755 g/mol. The molecule has 0 aliphatic rings. The maximum absolute atomic E-state index is 12.4. The standard InChI is InChI=1S/C8H10IN3.C8H10N3.2CH4.FH.2H2O3S.Sn/c9-7-3-1-2-6(4-7)5-12-8(10)11;9-8(10)11-6-7-4-2-1-3-5-7;;;;2*1-4(2)3;/h1-4H,5H2,(H4,10,11,12);1-2,4-5H,6H2,(H4,9,10,11);2*1H4;1H;2*(H2,1,2,3);/q;;;;;;;+1/p-3. The summed E-state index contributed by atoms with van der Waals surface area (Å²) in [5.74, 6) is 0.444. The van der Waals surface area contributed by atoms with Gasteiger partial charge in [0.2, 0.25) is 0 Å². The Bertz CT molecular complexity index is 918. The van der Waals surface area contributed by atoms with Crippen LogP contribution in [0.2, 0.25) is 0 Å². The van der Waals surface area contributed by atoms with Gasteiger partial charge in [-0.05, 0) is 40.3 Å². The van der Waals surface area contributed by atoms with Crippen molar-refractivity contribution >= 4 is 82.5 Å². The quantitative estimate of drug-likeness (QED) is 0.0570. The van der Waals surface area contributed by atoms with E-state index in [9.17, 15) is 2.87 Å². The van der Waals surface area contributed by atoms with Crippen LogP contribution in [0.3, 0.4) is 0 Å². The summed E-state index contributed by atoms with van der Waals surface area (Å²) in [6.45, 7) is 1.23. The molecule has 2 radical (unpaired) electrons. The fraction of sp³-hybridized carbons (Fsp3) is 0.222. The Morgan fingerprint density at radius 3 is 1.54 bits per heavy atom. The van der Waals surface area contributed by atoms with Crippen LogP contribution in [0.5, 0.6) is 0 Å². The number of hydrogen-bond donors (Lipinski definition) is 6. The number of nitrogens with one attached hydrogen (secondary N) is 2. The third-order valence-electron chi connectivity index (χ3n) is 2.92. The molecular weight excluding hydrogens is 725 g/mol. The van der Waals surface area contributed by atoms with Crippen LogP contribution in [0, 0.1) is 3.57 Å². The van der Waals surface area contributed by atoms with Crippen molar-refractivity contribution in [1.29, 1.82) is 0 Å². The molecule has 0 bridgehead atoms. The molecule has 0 amide bonds. The number of hydrogen-bond acceptors (Lipinski definition) is 6. The van der Waals surface area contributed by atoms with Crippen molar-refractivity contribution in [1.82, 2.24) is 0 Å². The summed E-state index contributed by atoms with van der Waals surface area (Å²) in [4.78, 5) is 5.64. The molecule has 0 unspecified atom stereocenters. The smallest absolute Gasteiger partial charge is 0.339 e. The van der Waals surface area contributed by atoms with Crippen molar-refractivity contribution in [2.45, 2.75) is 27.9 Å². The molecule has 0 atom stereocenters. The van der Waals surface area contributed by atoms with Gasteiger partial charge in [0, 0.05) is 3.57 Å². The first-order chi connectivity index (χ1) is 15.4. The molecule has 2 rings (SSSR count). The fourth-order valence-corrected chi connectivity index (χ4v) is 3.54. The number of rotatable bonds is 5. The monoisotopic (exact) mass is 756 g/mol. The van der Waals surface area contributed by atoms with Crippen LogP contribution >= 0.6 is 22.6 Å². The van der Waals surface area contributed by atoms with Gasteiger partial charge in [0.15, 0.2) is 0 Å². The van der Waals surface area contributed by atoms with E-state index < -0.39 is 44.4 Å². The third kappa shape index (κ3) is 32.6. The second-order valence-electron chi connectivity index (χ2n) is 5.45. The van der Waals surface area contributed by atoms with Crippen LogP contribution in [0.4, 0.5) is 2.87 Å². The minimum absolute atomic E-state index is 0. The Hall–Kier alpha value is -1.42. The number of guanidine groups is 2. The first kappa shape index (κ1) is 40.7. The molecule has 0 aliphatic heterocycles. The van der Waals surface area contributed by atoms with Gasteiger partial charge >= 0.3 is 92.9 Å². The Morgan fingerprint density at radius 1 is 0.829 bits per heavy atom.